The van der Waals surface area contributed by atoms with Crippen molar-refractivity contribution in [2.45, 2.75) is 70.0 Å². The van der Waals surface area contributed by atoms with E-state index in [0.29, 0.717) is 12.6 Å². The van der Waals surface area contributed by atoms with E-state index in [-0.39, 0.29) is 0 Å². The normalized spacial score (nSPS) is 28.0. The summed E-state index contributed by atoms with van der Waals surface area (Å²) in [4.78, 5) is 13.6. The van der Waals surface area contributed by atoms with Crippen LogP contribution in [0.5, 0.6) is 0 Å². The molecule has 1 unspecified atom stereocenters. The Kier molecular flexibility index (Phi) is 4.02. The molecule has 0 spiro atoms. The van der Waals surface area contributed by atoms with Crippen LogP contribution in [0.15, 0.2) is 12.3 Å². The molecule has 1 aromatic rings. The van der Waals surface area contributed by atoms with E-state index in [1.54, 1.807) is 0 Å². The Morgan fingerprint density at radius 3 is 2.86 bits per heavy atom. The molecule has 5 nitrogen and oxygen atoms in total. The topological polar surface area (TPSA) is 58.4 Å². The molecule has 1 saturated heterocycles. The number of hydrogen-bond donors (Lipinski definition) is 1. The van der Waals surface area contributed by atoms with Gasteiger partial charge in [-0.2, -0.15) is 5.10 Å². The number of likely N-dealkylation sites (tertiary alicyclic amines) is 1. The monoisotopic (exact) mass is 291 g/mol. The fourth-order valence-electron chi connectivity index (χ4n) is 3.72. The van der Waals surface area contributed by atoms with E-state index in [1.165, 1.54) is 32.1 Å². The first kappa shape index (κ1) is 14.6. The summed E-state index contributed by atoms with van der Waals surface area (Å²) >= 11 is 0. The van der Waals surface area contributed by atoms with E-state index >= 15 is 0 Å². The number of carboxylic acid groups (broad SMARTS) is 1. The van der Waals surface area contributed by atoms with Crippen LogP contribution in [0.1, 0.15) is 63.6 Å². The summed E-state index contributed by atoms with van der Waals surface area (Å²) < 4.78 is 2.10. The molecule has 2 heterocycles. The molecule has 1 N–H and O–H groups in total. The fourth-order valence-corrected chi connectivity index (χ4v) is 3.72. The Morgan fingerprint density at radius 1 is 1.38 bits per heavy atom. The number of aliphatic carboxylic acids is 1. The summed E-state index contributed by atoms with van der Waals surface area (Å²) in [5.74, 6) is -0.716. The first-order valence-corrected chi connectivity index (χ1v) is 8.12. The average molecular weight is 291 g/mol. The molecule has 0 amide bonds. The lowest BCUT2D eigenvalue weighted by molar-refractivity contribution is -0.148. The van der Waals surface area contributed by atoms with Crippen LogP contribution in [0.3, 0.4) is 0 Å². The van der Waals surface area contributed by atoms with E-state index < -0.39 is 11.5 Å². The first-order chi connectivity index (χ1) is 10.1. The van der Waals surface area contributed by atoms with Gasteiger partial charge in [0.2, 0.25) is 0 Å². The van der Waals surface area contributed by atoms with Crippen LogP contribution in [-0.4, -0.2) is 37.8 Å². The molecular weight excluding hydrogens is 266 g/mol. The van der Waals surface area contributed by atoms with Gasteiger partial charge in [0.25, 0.3) is 0 Å². The lowest BCUT2D eigenvalue weighted by Crippen LogP contribution is -2.47. The molecule has 1 atom stereocenters. The average Bonchev–Trinajstić information content (AvgIpc) is 3.09. The standard InChI is InChI=1S/C16H25N3O2/c1-16(15(20)21)9-5-10-18(16)12-13-8-11-19(17-13)14-6-3-2-4-7-14/h8,11,14H,2-7,9-10,12H2,1H3,(H,20,21). The minimum atomic E-state index is -0.728. The lowest BCUT2D eigenvalue weighted by Gasteiger charge is -2.30. The van der Waals surface area contributed by atoms with Crippen LogP contribution in [0, 0.1) is 0 Å². The third-order valence-electron chi connectivity index (χ3n) is 5.22. The van der Waals surface area contributed by atoms with Gasteiger partial charge in [0.15, 0.2) is 0 Å². The summed E-state index contributed by atoms with van der Waals surface area (Å²) in [7, 11) is 0. The van der Waals surface area contributed by atoms with Crippen LogP contribution < -0.4 is 0 Å². The third-order valence-corrected chi connectivity index (χ3v) is 5.22. The maximum absolute atomic E-state index is 11.5. The largest absolute Gasteiger partial charge is 0.480 e. The first-order valence-electron chi connectivity index (χ1n) is 8.12. The predicted molar refractivity (Wildman–Crippen MR) is 80.0 cm³/mol. The van der Waals surface area contributed by atoms with Gasteiger partial charge in [-0.1, -0.05) is 19.3 Å². The number of rotatable bonds is 4. The molecule has 5 heteroatoms. The van der Waals surface area contributed by atoms with Crippen molar-refractivity contribution in [1.29, 1.82) is 0 Å². The highest BCUT2D eigenvalue weighted by Gasteiger charge is 2.43. The van der Waals surface area contributed by atoms with Crippen LogP contribution in [-0.2, 0) is 11.3 Å². The second-order valence-electron chi connectivity index (χ2n) is 6.68. The van der Waals surface area contributed by atoms with E-state index in [2.05, 4.69) is 21.8 Å². The van der Waals surface area contributed by atoms with E-state index in [1.807, 2.05) is 6.92 Å². The molecule has 2 fully saturated rings. The highest BCUT2D eigenvalue weighted by atomic mass is 16.4. The smallest absolute Gasteiger partial charge is 0.323 e. The molecule has 1 aliphatic carbocycles. The number of aromatic nitrogens is 2. The van der Waals surface area contributed by atoms with Crippen molar-refractivity contribution in [2.24, 2.45) is 0 Å². The van der Waals surface area contributed by atoms with Gasteiger partial charge in [-0.05, 0) is 45.2 Å². The maximum Gasteiger partial charge on any atom is 0.323 e. The van der Waals surface area contributed by atoms with Crippen molar-refractivity contribution in [3.05, 3.63) is 18.0 Å². The molecule has 1 saturated carbocycles. The quantitative estimate of drug-likeness (QED) is 0.926. The second-order valence-corrected chi connectivity index (χ2v) is 6.68. The van der Waals surface area contributed by atoms with E-state index in [4.69, 9.17) is 5.10 Å². The Labute approximate surface area is 125 Å². The summed E-state index contributed by atoms with van der Waals surface area (Å²) in [6.45, 7) is 3.32. The van der Waals surface area contributed by atoms with Gasteiger partial charge >= 0.3 is 5.97 Å². The van der Waals surface area contributed by atoms with Crippen LogP contribution >= 0.6 is 0 Å². The molecule has 0 aromatic carbocycles. The molecule has 3 rings (SSSR count). The Hall–Kier alpha value is -1.36. The third kappa shape index (κ3) is 2.84. The van der Waals surface area contributed by atoms with Gasteiger partial charge in [-0.15, -0.1) is 0 Å². The summed E-state index contributed by atoms with van der Waals surface area (Å²) in [6, 6.07) is 2.59. The Morgan fingerprint density at radius 2 is 2.14 bits per heavy atom. The lowest BCUT2D eigenvalue weighted by atomic mass is 9.96. The van der Waals surface area contributed by atoms with Crippen LogP contribution in [0.2, 0.25) is 0 Å². The van der Waals surface area contributed by atoms with Crippen molar-refractivity contribution in [3.63, 3.8) is 0 Å². The van der Waals surface area contributed by atoms with Crippen molar-refractivity contribution in [2.75, 3.05) is 6.54 Å². The van der Waals surface area contributed by atoms with Gasteiger partial charge < -0.3 is 5.11 Å². The number of nitrogens with zero attached hydrogens (tertiary/aromatic N) is 3. The molecule has 2 aliphatic rings. The van der Waals surface area contributed by atoms with Gasteiger partial charge in [0.05, 0.1) is 11.7 Å². The van der Waals surface area contributed by atoms with E-state index in [9.17, 15) is 9.90 Å². The maximum atomic E-state index is 11.5. The van der Waals surface area contributed by atoms with Crippen molar-refractivity contribution in [3.8, 4) is 0 Å². The number of hydrogen-bond acceptors (Lipinski definition) is 3. The highest BCUT2D eigenvalue weighted by Crippen LogP contribution is 2.31. The molecule has 1 aliphatic heterocycles. The zero-order chi connectivity index (χ0) is 14.9. The number of carboxylic acids is 1. The highest BCUT2D eigenvalue weighted by molar-refractivity contribution is 5.78. The Balaban J connectivity index is 1.68. The van der Waals surface area contributed by atoms with Gasteiger partial charge in [-0.25, -0.2) is 0 Å². The van der Waals surface area contributed by atoms with Gasteiger partial charge in [0.1, 0.15) is 5.54 Å². The minimum absolute atomic E-state index is 0.539. The van der Waals surface area contributed by atoms with Crippen LogP contribution in [0.25, 0.3) is 0 Å². The molecule has 0 radical (unpaired) electrons. The predicted octanol–water partition coefficient (Wildman–Crippen LogP) is 2.83. The Bertz CT molecular complexity index is 507. The van der Waals surface area contributed by atoms with Gasteiger partial charge in [0, 0.05) is 12.7 Å². The van der Waals surface area contributed by atoms with Crippen molar-refractivity contribution in [1.82, 2.24) is 14.7 Å². The molecule has 1 aromatic heterocycles. The molecule has 0 bridgehead atoms. The second kappa shape index (κ2) is 5.79. The van der Waals surface area contributed by atoms with Gasteiger partial charge in [-0.3, -0.25) is 14.4 Å². The molecule has 116 valence electrons. The molecular formula is C16H25N3O2. The zero-order valence-corrected chi connectivity index (χ0v) is 12.8. The minimum Gasteiger partial charge on any atom is -0.480 e. The summed E-state index contributed by atoms with van der Waals surface area (Å²) in [5.41, 5.74) is 0.268. The number of carbonyl (C=O) groups is 1. The van der Waals surface area contributed by atoms with Crippen LogP contribution in [0.4, 0.5) is 0 Å². The molecule has 21 heavy (non-hydrogen) atoms. The summed E-state index contributed by atoms with van der Waals surface area (Å²) in [5, 5.41) is 14.2. The zero-order valence-electron chi connectivity index (χ0n) is 12.8. The summed E-state index contributed by atoms with van der Waals surface area (Å²) in [6.07, 6.45) is 10.1. The fraction of sp³-hybridized carbons (Fsp3) is 0.750. The van der Waals surface area contributed by atoms with Crippen molar-refractivity contribution < 1.29 is 9.90 Å². The SMILES string of the molecule is CC1(C(=O)O)CCCN1Cc1ccn(C2CCCCC2)n1. The van der Waals surface area contributed by atoms with E-state index in [0.717, 1.165) is 25.1 Å². The van der Waals surface area contributed by atoms with Crippen molar-refractivity contribution >= 4 is 5.97 Å².